The molecule has 2 heteroatoms. The first-order chi connectivity index (χ1) is 7.78. The zero-order valence-electron chi connectivity index (χ0n) is 8.65. The van der Waals surface area contributed by atoms with E-state index < -0.39 is 0 Å². The number of benzene rings is 2. The van der Waals surface area contributed by atoms with Crippen molar-refractivity contribution < 1.29 is 0 Å². The Hall–Kier alpha value is -1.78. The predicted molar refractivity (Wildman–Crippen MR) is 65.4 cm³/mol. The molecule has 0 amide bonds. The molecule has 0 aliphatic carbocycles. The predicted octanol–water partition coefficient (Wildman–Crippen LogP) is 3.80. The largest absolute Gasteiger partial charge is 0.192 e. The summed E-state index contributed by atoms with van der Waals surface area (Å²) in [5.41, 5.74) is 3.11. The lowest BCUT2D eigenvalue weighted by molar-refractivity contribution is 1.19. The number of halogens is 1. The highest BCUT2D eigenvalue weighted by Crippen LogP contribution is 2.14. The van der Waals surface area contributed by atoms with Crippen molar-refractivity contribution in [1.82, 2.24) is 0 Å². The Morgan fingerprint density at radius 3 is 1.88 bits per heavy atom. The average Bonchev–Trinajstić information content (AvgIpc) is 2.33. The van der Waals surface area contributed by atoms with Crippen LogP contribution in [-0.2, 0) is 6.42 Å². The maximum Gasteiger partial charge on any atom is 0.0991 e. The molecule has 0 unspecified atom stereocenters. The molecule has 0 spiro atoms. The molecule has 2 aromatic carbocycles. The molecule has 16 heavy (non-hydrogen) atoms. The Kier molecular flexibility index (Phi) is 3.24. The van der Waals surface area contributed by atoms with Crippen LogP contribution >= 0.6 is 11.6 Å². The van der Waals surface area contributed by atoms with Gasteiger partial charge in [0.05, 0.1) is 11.6 Å². The van der Waals surface area contributed by atoms with Gasteiger partial charge in [-0.15, -0.1) is 0 Å². The summed E-state index contributed by atoms with van der Waals surface area (Å²) in [4.78, 5) is 0. The molecule has 0 aromatic heterocycles. The van der Waals surface area contributed by atoms with Crippen LogP contribution in [0.3, 0.4) is 0 Å². The van der Waals surface area contributed by atoms with Gasteiger partial charge in [0.1, 0.15) is 0 Å². The normalized spacial score (nSPS) is 9.75. The van der Waals surface area contributed by atoms with Crippen molar-refractivity contribution in [2.45, 2.75) is 6.42 Å². The van der Waals surface area contributed by atoms with E-state index in [2.05, 4.69) is 6.07 Å². The second-order valence-electron chi connectivity index (χ2n) is 3.61. The van der Waals surface area contributed by atoms with Gasteiger partial charge in [-0.25, -0.2) is 0 Å². The second-order valence-corrected chi connectivity index (χ2v) is 4.05. The minimum Gasteiger partial charge on any atom is -0.192 e. The van der Waals surface area contributed by atoms with Crippen molar-refractivity contribution in [2.75, 3.05) is 0 Å². The van der Waals surface area contributed by atoms with E-state index in [9.17, 15) is 0 Å². The zero-order valence-corrected chi connectivity index (χ0v) is 9.41. The van der Waals surface area contributed by atoms with Gasteiger partial charge in [-0.1, -0.05) is 35.9 Å². The summed E-state index contributed by atoms with van der Waals surface area (Å²) in [6.45, 7) is 0. The summed E-state index contributed by atoms with van der Waals surface area (Å²) in [5, 5.41) is 9.44. The summed E-state index contributed by atoms with van der Waals surface area (Å²) in [6.07, 6.45) is 0.864. The molecule has 0 heterocycles. The van der Waals surface area contributed by atoms with E-state index >= 15 is 0 Å². The minimum absolute atomic E-state index is 0.694. The molecule has 0 fully saturated rings. The van der Waals surface area contributed by atoms with E-state index in [1.165, 1.54) is 11.1 Å². The van der Waals surface area contributed by atoms with Gasteiger partial charge >= 0.3 is 0 Å². The lowest BCUT2D eigenvalue weighted by Crippen LogP contribution is -1.87. The molecule has 0 bridgehead atoms. The highest BCUT2D eigenvalue weighted by atomic mass is 35.5. The van der Waals surface area contributed by atoms with Crippen LogP contribution in [0.1, 0.15) is 16.7 Å². The first kappa shape index (κ1) is 10.7. The molecule has 0 saturated heterocycles. The molecule has 0 saturated carbocycles. The highest BCUT2D eigenvalue weighted by molar-refractivity contribution is 6.30. The van der Waals surface area contributed by atoms with Crippen LogP contribution in [0.4, 0.5) is 0 Å². The molecule has 0 aliphatic rings. The van der Waals surface area contributed by atoms with Crippen LogP contribution < -0.4 is 0 Å². The van der Waals surface area contributed by atoms with Crippen molar-refractivity contribution in [3.8, 4) is 6.07 Å². The highest BCUT2D eigenvalue weighted by Gasteiger charge is 1.97. The molecule has 0 radical (unpaired) electrons. The van der Waals surface area contributed by atoms with Gasteiger partial charge in [0.25, 0.3) is 0 Å². The van der Waals surface area contributed by atoms with Crippen LogP contribution in [0.5, 0.6) is 0 Å². The van der Waals surface area contributed by atoms with Crippen molar-refractivity contribution in [3.63, 3.8) is 0 Å². The van der Waals surface area contributed by atoms with Crippen LogP contribution in [0.25, 0.3) is 0 Å². The van der Waals surface area contributed by atoms with E-state index in [1.807, 2.05) is 48.5 Å². The van der Waals surface area contributed by atoms with Gasteiger partial charge in [0.2, 0.25) is 0 Å². The molecular formula is C14H10ClN. The summed E-state index contributed by atoms with van der Waals surface area (Å²) in [5.74, 6) is 0. The van der Waals surface area contributed by atoms with Crippen LogP contribution in [0, 0.1) is 11.3 Å². The van der Waals surface area contributed by atoms with Crippen molar-refractivity contribution in [3.05, 3.63) is 70.2 Å². The fraction of sp³-hybridized carbons (Fsp3) is 0.0714. The van der Waals surface area contributed by atoms with Crippen LogP contribution in [0.2, 0.25) is 5.02 Å². The van der Waals surface area contributed by atoms with Gasteiger partial charge in [0.15, 0.2) is 0 Å². The molecule has 0 N–H and O–H groups in total. The van der Waals surface area contributed by atoms with Gasteiger partial charge in [-0.3, -0.25) is 0 Å². The summed E-state index contributed by atoms with van der Waals surface area (Å²) >= 11 is 5.82. The molecule has 1 nitrogen and oxygen atoms in total. The van der Waals surface area contributed by atoms with E-state index in [0.717, 1.165) is 11.4 Å². The van der Waals surface area contributed by atoms with Crippen LogP contribution in [0.15, 0.2) is 48.5 Å². The van der Waals surface area contributed by atoms with E-state index in [0.29, 0.717) is 5.56 Å². The third-order valence-corrected chi connectivity index (χ3v) is 2.66. The lowest BCUT2D eigenvalue weighted by Gasteiger charge is -2.02. The Bertz CT molecular complexity index is 506. The first-order valence-electron chi connectivity index (χ1n) is 5.01. The Morgan fingerprint density at radius 1 is 0.875 bits per heavy atom. The quantitative estimate of drug-likeness (QED) is 0.766. The Morgan fingerprint density at radius 2 is 1.38 bits per heavy atom. The molecular weight excluding hydrogens is 218 g/mol. The van der Waals surface area contributed by atoms with Crippen LogP contribution in [-0.4, -0.2) is 0 Å². The van der Waals surface area contributed by atoms with Gasteiger partial charge < -0.3 is 0 Å². The fourth-order valence-corrected chi connectivity index (χ4v) is 1.66. The average molecular weight is 228 g/mol. The van der Waals surface area contributed by atoms with E-state index in [-0.39, 0.29) is 0 Å². The molecule has 78 valence electrons. The SMILES string of the molecule is N#Cc1ccc(Cc2ccc(Cl)cc2)cc1. The summed E-state index contributed by atoms with van der Waals surface area (Å²) in [6, 6.07) is 17.6. The third kappa shape index (κ3) is 2.62. The number of nitriles is 1. The van der Waals surface area contributed by atoms with Gasteiger partial charge in [-0.05, 0) is 41.8 Å². The number of hydrogen-bond donors (Lipinski definition) is 0. The molecule has 2 aromatic rings. The molecule has 0 aliphatic heterocycles. The zero-order chi connectivity index (χ0) is 11.4. The fourth-order valence-electron chi connectivity index (χ4n) is 1.54. The van der Waals surface area contributed by atoms with Gasteiger partial charge in [0, 0.05) is 5.02 Å². The van der Waals surface area contributed by atoms with E-state index in [4.69, 9.17) is 16.9 Å². The topological polar surface area (TPSA) is 23.8 Å². The molecule has 2 rings (SSSR count). The van der Waals surface area contributed by atoms with Crippen molar-refractivity contribution >= 4 is 11.6 Å². The summed E-state index contributed by atoms with van der Waals surface area (Å²) in [7, 11) is 0. The monoisotopic (exact) mass is 227 g/mol. The molecule has 0 atom stereocenters. The maximum atomic E-state index is 8.68. The first-order valence-corrected chi connectivity index (χ1v) is 5.39. The standard InChI is InChI=1S/C14H10ClN/c15-14-7-5-12(6-8-14)9-11-1-3-13(10-16)4-2-11/h1-8H,9H2. The Balaban J connectivity index is 2.15. The van der Waals surface area contributed by atoms with Crippen molar-refractivity contribution in [2.24, 2.45) is 0 Å². The number of nitrogens with zero attached hydrogens (tertiary/aromatic N) is 1. The summed E-state index contributed by atoms with van der Waals surface area (Å²) < 4.78 is 0. The number of hydrogen-bond acceptors (Lipinski definition) is 1. The minimum atomic E-state index is 0.694. The second kappa shape index (κ2) is 4.83. The Labute approximate surface area is 99.9 Å². The number of rotatable bonds is 2. The maximum absolute atomic E-state index is 8.68. The van der Waals surface area contributed by atoms with E-state index in [1.54, 1.807) is 0 Å². The van der Waals surface area contributed by atoms with Crippen molar-refractivity contribution in [1.29, 1.82) is 5.26 Å². The third-order valence-electron chi connectivity index (χ3n) is 2.40. The smallest absolute Gasteiger partial charge is 0.0991 e. The van der Waals surface area contributed by atoms with Gasteiger partial charge in [-0.2, -0.15) is 5.26 Å². The lowest BCUT2D eigenvalue weighted by atomic mass is 10.0.